The van der Waals surface area contributed by atoms with E-state index < -0.39 is 5.60 Å². The number of ether oxygens (including phenoxy) is 3. The summed E-state index contributed by atoms with van der Waals surface area (Å²) in [5.74, 6) is 1.64. The van der Waals surface area contributed by atoms with E-state index in [1.165, 1.54) is 0 Å². The first-order chi connectivity index (χ1) is 16.4. The second kappa shape index (κ2) is 10.2. The van der Waals surface area contributed by atoms with Crippen molar-refractivity contribution in [2.45, 2.75) is 50.7 Å². The van der Waals surface area contributed by atoms with E-state index in [9.17, 15) is 9.90 Å². The molecule has 1 amide bonds. The van der Waals surface area contributed by atoms with Crippen LogP contribution in [0.2, 0.25) is 0 Å². The number of carbonyl (C=O) groups is 1. The highest BCUT2D eigenvalue weighted by atomic mass is 16.5. The molecule has 0 aromatic heterocycles. The number of amides is 1. The molecule has 34 heavy (non-hydrogen) atoms. The summed E-state index contributed by atoms with van der Waals surface area (Å²) in [6, 6.07) is 11.6. The molecule has 1 aliphatic carbocycles. The molecule has 184 valence electrons. The van der Waals surface area contributed by atoms with Gasteiger partial charge in [-0.05, 0) is 56.0 Å². The Morgan fingerprint density at radius 1 is 1.06 bits per heavy atom. The number of benzene rings is 2. The molecule has 7 heteroatoms. The summed E-state index contributed by atoms with van der Waals surface area (Å²) in [4.78, 5) is 15.2. The number of anilines is 1. The lowest BCUT2D eigenvalue weighted by Gasteiger charge is -2.52. The van der Waals surface area contributed by atoms with Crippen molar-refractivity contribution in [2.75, 3.05) is 39.7 Å². The van der Waals surface area contributed by atoms with E-state index in [2.05, 4.69) is 10.2 Å². The van der Waals surface area contributed by atoms with Gasteiger partial charge < -0.3 is 24.6 Å². The average molecular weight is 469 g/mol. The first-order valence-electron chi connectivity index (χ1n) is 12.0. The minimum atomic E-state index is -0.729. The van der Waals surface area contributed by atoms with E-state index in [0.717, 1.165) is 42.5 Å². The van der Waals surface area contributed by atoms with Crippen molar-refractivity contribution in [3.63, 3.8) is 0 Å². The normalized spacial score (nSPS) is 24.7. The fourth-order valence-corrected chi connectivity index (χ4v) is 5.66. The second-order valence-electron chi connectivity index (χ2n) is 9.49. The van der Waals surface area contributed by atoms with Gasteiger partial charge in [0, 0.05) is 24.2 Å². The Labute approximate surface area is 202 Å². The molecule has 0 bridgehead atoms. The van der Waals surface area contributed by atoms with Crippen molar-refractivity contribution in [3.05, 3.63) is 47.5 Å². The van der Waals surface area contributed by atoms with Gasteiger partial charge in [-0.25, -0.2) is 0 Å². The number of hydrogen-bond donors (Lipinski definition) is 2. The fourth-order valence-electron chi connectivity index (χ4n) is 5.66. The number of methoxy groups -OCH3 is 3. The molecular weight excluding hydrogens is 432 g/mol. The van der Waals surface area contributed by atoms with Gasteiger partial charge in [-0.3, -0.25) is 9.69 Å². The van der Waals surface area contributed by atoms with Crippen molar-refractivity contribution in [2.24, 2.45) is 5.92 Å². The number of rotatable bonds is 7. The number of piperidine rings is 1. The Bertz CT molecular complexity index is 984. The van der Waals surface area contributed by atoms with Crippen LogP contribution in [-0.4, -0.2) is 55.9 Å². The fraction of sp³-hybridized carbons (Fsp3) is 0.519. The van der Waals surface area contributed by atoms with E-state index in [0.29, 0.717) is 30.2 Å². The van der Waals surface area contributed by atoms with Gasteiger partial charge >= 0.3 is 0 Å². The Kier molecular flexibility index (Phi) is 7.33. The van der Waals surface area contributed by atoms with E-state index in [4.69, 9.17) is 14.2 Å². The molecule has 3 atom stereocenters. The van der Waals surface area contributed by atoms with Crippen LogP contribution in [0.5, 0.6) is 17.2 Å². The van der Waals surface area contributed by atoms with Gasteiger partial charge in [-0.2, -0.15) is 0 Å². The number of likely N-dealkylation sites (tertiary alicyclic amines) is 1. The second-order valence-corrected chi connectivity index (χ2v) is 9.49. The molecule has 2 N–H and O–H groups in total. The quantitative estimate of drug-likeness (QED) is 0.630. The zero-order chi connectivity index (χ0) is 24.3. The van der Waals surface area contributed by atoms with Gasteiger partial charge in [0.1, 0.15) is 0 Å². The Morgan fingerprint density at radius 3 is 2.35 bits per heavy atom. The molecule has 1 saturated heterocycles. The summed E-state index contributed by atoms with van der Waals surface area (Å²) in [5.41, 5.74) is 2.16. The lowest BCUT2D eigenvalue weighted by Crippen LogP contribution is -2.56. The highest BCUT2D eigenvalue weighted by Gasteiger charge is 2.49. The van der Waals surface area contributed by atoms with Crippen LogP contribution in [-0.2, 0) is 4.79 Å². The molecule has 2 aromatic carbocycles. The third-order valence-electron chi connectivity index (χ3n) is 7.38. The number of aryl methyl sites for hydroxylation is 1. The molecule has 0 radical (unpaired) electrons. The molecular formula is C27H36N2O5. The lowest BCUT2D eigenvalue weighted by atomic mass is 9.66. The molecule has 1 heterocycles. The predicted octanol–water partition coefficient (Wildman–Crippen LogP) is 4.33. The van der Waals surface area contributed by atoms with Crippen molar-refractivity contribution in [1.82, 2.24) is 4.90 Å². The van der Waals surface area contributed by atoms with Gasteiger partial charge in [-0.15, -0.1) is 0 Å². The molecule has 2 aliphatic rings. The zero-order valence-corrected chi connectivity index (χ0v) is 20.6. The average Bonchev–Trinajstić information content (AvgIpc) is 2.84. The summed E-state index contributed by atoms with van der Waals surface area (Å²) < 4.78 is 16.7. The van der Waals surface area contributed by atoms with Crippen molar-refractivity contribution in [3.8, 4) is 17.2 Å². The van der Waals surface area contributed by atoms with Crippen LogP contribution in [0.4, 0.5) is 5.69 Å². The molecule has 2 fully saturated rings. The molecule has 0 spiro atoms. The number of nitrogens with zero attached hydrogens (tertiary/aromatic N) is 1. The SMILES string of the molecule is COc1cc(C2C3CCCC[C@@]3(O)CCN2CC(=O)Nc2ccc(C)cc2)cc(OC)c1OC. The summed E-state index contributed by atoms with van der Waals surface area (Å²) in [7, 11) is 4.79. The third-order valence-corrected chi connectivity index (χ3v) is 7.38. The topological polar surface area (TPSA) is 80.3 Å². The van der Waals surface area contributed by atoms with Crippen LogP contribution in [0, 0.1) is 12.8 Å². The van der Waals surface area contributed by atoms with Gasteiger partial charge in [-0.1, -0.05) is 30.5 Å². The molecule has 2 unspecified atom stereocenters. The van der Waals surface area contributed by atoms with Crippen LogP contribution in [0.15, 0.2) is 36.4 Å². The van der Waals surface area contributed by atoms with Gasteiger partial charge in [0.15, 0.2) is 11.5 Å². The number of carbonyl (C=O) groups excluding carboxylic acids is 1. The van der Waals surface area contributed by atoms with Crippen molar-refractivity contribution in [1.29, 1.82) is 0 Å². The van der Waals surface area contributed by atoms with Crippen LogP contribution in [0.1, 0.15) is 49.3 Å². The van der Waals surface area contributed by atoms with Crippen LogP contribution in [0.3, 0.4) is 0 Å². The maximum atomic E-state index is 13.0. The van der Waals surface area contributed by atoms with Crippen LogP contribution < -0.4 is 19.5 Å². The van der Waals surface area contributed by atoms with E-state index in [-0.39, 0.29) is 24.4 Å². The first-order valence-corrected chi connectivity index (χ1v) is 12.0. The van der Waals surface area contributed by atoms with E-state index >= 15 is 0 Å². The Morgan fingerprint density at radius 2 is 1.74 bits per heavy atom. The standard InChI is InChI=1S/C27H36N2O5/c1-18-8-10-20(11-9-18)28-24(30)17-29-14-13-27(31)12-6-5-7-21(27)25(29)19-15-22(32-2)26(34-4)23(16-19)33-3/h8-11,15-16,21,25,31H,5-7,12-14,17H2,1-4H3,(H,28,30)/t21?,25?,27-/m1/s1. The molecule has 1 aliphatic heterocycles. The Hall–Kier alpha value is -2.77. The first kappa shape index (κ1) is 24.4. The molecule has 2 aromatic rings. The van der Waals surface area contributed by atoms with Crippen molar-refractivity contribution >= 4 is 11.6 Å². The number of hydrogen-bond acceptors (Lipinski definition) is 6. The number of fused-ring (bicyclic) bond motifs is 1. The summed E-state index contributed by atoms with van der Waals surface area (Å²) in [5, 5.41) is 14.6. The van der Waals surface area contributed by atoms with E-state index in [1.54, 1.807) is 21.3 Å². The number of nitrogens with one attached hydrogen (secondary N) is 1. The largest absolute Gasteiger partial charge is 0.493 e. The highest BCUT2D eigenvalue weighted by Crippen LogP contribution is 2.51. The van der Waals surface area contributed by atoms with Crippen molar-refractivity contribution < 1.29 is 24.1 Å². The maximum absolute atomic E-state index is 13.0. The molecule has 4 rings (SSSR count). The van der Waals surface area contributed by atoms with E-state index in [1.807, 2.05) is 43.3 Å². The Balaban J connectivity index is 1.67. The lowest BCUT2D eigenvalue weighted by molar-refractivity contribution is -0.135. The summed E-state index contributed by atoms with van der Waals surface area (Å²) in [6.45, 7) is 2.89. The summed E-state index contributed by atoms with van der Waals surface area (Å²) >= 11 is 0. The van der Waals surface area contributed by atoms with Gasteiger partial charge in [0.2, 0.25) is 11.7 Å². The molecule has 7 nitrogen and oxygen atoms in total. The van der Waals surface area contributed by atoms with Crippen LogP contribution in [0.25, 0.3) is 0 Å². The summed E-state index contributed by atoms with van der Waals surface area (Å²) in [6.07, 6.45) is 4.46. The van der Waals surface area contributed by atoms with Gasteiger partial charge in [0.05, 0.1) is 33.5 Å². The smallest absolute Gasteiger partial charge is 0.238 e. The number of aliphatic hydroxyl groups is 1. The van der Waals surface area contributed by atoms with Gasteiger partial charge in [0.25, 0.3) is 0 Å². The van der Waals surface area contributed by atoms with Crippen LogP contribution >= 0.6 is 0 Å². The maximum Gasteiger partial charge on any atom is 0.238 e. The minimum Gasteiger partial charge on any atom is -0.493 e. The molecule has 1 saturated carbocycles. The monoisotopic (exact) mass is 468 g/mol. The zero-order valence-electron chi connectivity index (χ0n) is 20.6. The highest BCUT2D eigenvalue weighted by molar-refractivity contribution is 5.92. The minimum absolute atomic E-state index is 0.0185. The predicted molar refractivity (Wildman–Crippen MR) is 132 cm³/mol. The third kappa shape index (κ3) is 4.86.